The quantitative estimate of drug-likeness (QED) is 0.587. The molecule has 0 aliphatic rings. The molecule has 0 aliphatic heterocycles. The molecule has 0 fully saturated rings. The van der Waals surface area contributed by atoms with Crippen molar-refractivity contribution < 1.29 is 26.0 Å². The Morgan fingerprint density at radius 1 is 1.15 bits per heavy atom. The van der Waals surface area contributed by atoms with Crippen molar-refractivity contribution in [3.8, 4) is 5.75 Å². The average Bonchev–Trinajstić information content (AvgIpc) is 1.88. The molecule has 6 N–H and O–H groups in total. The third-order valence-corrected chi connectivity index (χ3v) is 1.13. The van der Waals surface area contributed by atoms with Crippen LogP contribution in [-0.4, -0.2) is 64.9 Å². The second-order valence-electron chi connectivity index (χ2n) is 1.82. The number of carboxylic acids is 1. The fraction of sp³-hybridized carbons (Fsp3) is 0. The molecule has 1 rings (SSSR count). The monoisotopic (exact) mass is 214 g/mol. The average molecular weight is 214 g/mol. The molecule has 0 unspecified atom stereocenters. The van der Waals surface area contributed by atoms with Crippen LogP contribution in [-0.2, 0) is 0 Å². The Balaban J connectivity index is -0.000000333. The van der Waals surface area contributed by atoms with Crippen LogP contribution >= 0.6 is 0 Å². The minimum Gasteiger partial charge on any atom is -0.507 e. The smallest absolute Gasteiger partial charge is 0.339 e. The van der Waals surface area contributed by atoms with Gasteiger partial charge in [-0.1, -0.05) is 12.1 Å². The van der Waals surface area contributed by atoms with Gasteiger partial charge in [0.2, 0.25) is 0 Å². The first-order valence-electron chi connectivity index (χ1n) is 2.73. The van der Waals surface area contributed by atoms with Crippen molar-refractivity contribution in [1.82, 2.24) is 0 Å². The Hall–Kier alpha value is -0.330. The predicted molar refractivity (Wildman–Crippen MR) is 48.0 cm³/mol. The van der Waals surface area contributed by atoms with Crippen molar-refractivity contribution >= 4 is 43.7 Å². The van der Waals surface area contributed by atoms with Crippen molar-refractivity contribution in [3.63, 3.8) is 0 Å². The maximum atomic E-state index is 10.3. The van der Waals surface area contributed by atoms with Gasteiger partial charge >= 0.3 is 5.97 Å². The van der Waals surface area contributed by atoms with Crippen molar-refractivity contribution in [2.75, 3.05) is 0 Å². The van der Waals surface area contributed by atoms with E-state index in [1.165, 1.54) is 12.1 Å². The third-order valence-electron chi connectivity index (χ3n) is 1.13. The van der Waals surface area contributed by atoms with Crippen LogP contribution in [0.3, 0.4) is 0 Å². The maximum Gasteiger partial charge on any atom is 0.339 e. The zero-order chi connectivity index (χ0) is 7.56. The summed E-state index contributed by atoms with van der Waals surface area (Å²) in [6, 6.07) is 5.81. The van der Waals surface area contributed by atoms with Crippen LogP contribution in [0.4, 0.5) is 0 Å². The number of rotatable bonds is 1. The van der Waals surface area contributed by atoms with E-state index in [0.717, 1.165) is 0 Å². The third kappa shape index (κ3) is 5.07. The van der Waals surface area contributed by atoms with Gasteiger partial charge in [-0.2, -0.15) is 0 Å². The van der Waals surface area contributed by atoms with Gasteiger partial charge < -0.3 is 21.2 Å². The number of aromatic carboxylic acids is 1. The number of para-hydroxylation sites is 1. The Labute approximate surface area is 105 Å². The molecule has 1 aromatic rings. The fourth-order valence-electron chi connectivity index (χ4n) is 0.654. The summed E-state index contributed by atoms with van der Waals surface area (Å²) >= 11 is 0. The largest absolute Gasteiger partial charge is 0.507 e. The van der Waals surface area contributed by atoms with Crippen LogP contribution in [0.2, 0.25) is 0 Å². The molecule has 0 bridgehead atoms. The van der Waals surface area contributed by atoms with E-state index in [9.17, 15) is 4.79 Å². The van der Waals surface area contributed by atoms with E-state index in [-0.39, 0.29) is 60.0 Å². The summed E-state index contributed by atoms with van der Waals surface area (Å²) in [6.45, 7) is 0. The Kier molecular flexibility index (Phi) is 11.7. The summed E-state index contributed by atoms with van der Waals surface area (Å²) in [7, 11) is 0. The van der Waals surface area contributed by atoms with Gasteiger partial charge in [0.15, 0.2) is 0 Å². The van der Waals surface area contributed by atoms with Crippen LogP contribution in [0, 0.1) is 0 Å². The normalized spacial score (nSPS) is 7.08. The second-order valence-corrected chi connectivity index (χ2v) is 1.82. The van der Waals surface area contributed by atoms with Gasteiger partial charge in [-0.3, -0.25) is 0 Å². The minimum absolute atomic E-state index is 0. The fourth-order valence-corrected chi connectivity index (χ4v) is 0.654. The van der Waals surface area contributed by atoms with Crippen LogP contribution < -0.4 is 0 Å². The summed E-state index contributed by atoms with van der Waals surface area (Å²) in [5, 5.41) is 17.3. The number of carbonyl (C=O) groups is 1. The van der Waals surface area contributed by atoms with E-state index < -0.39 is 5.97 Å². The summed E-state index contributed by atoms with van der Waals surface area (Å²) in [5.74, 6) is -1.31. The number of hydrogen-bond donors (Lipinski definition) is 2. The first-order chi connectivity index (χ1) is 4.72. The number of benzene rings is 1. The van der Waals surface area contributed by atoms with E-state index in [1.54, 1.807) is 12.1 Å². The minimum atomic E-state index is -1.11. The molecule has 0 aliphatic carbocycles. The molecule has 0 spiro atoms. The number of carboxylic acid groups (broad SMARTS) is 1. The molecule has 13 heavy (non-hydrogen) atoms. The summed E-state index contributed by atoms with van der Waals surface area (Å²) in [5.41, 5.74) is -0.0671. The molecular formula is C7H10CaO5. The Bertz CT molecular complexity index is 263. The molecule has 0 amide bonds. The second kappa shape index (κ2) is 8.28. The molecule has 0 atom stereocenters. The van der Waals surface area contributed by atoms with Gasteiger partial charge in [-0.25, -0.2) is 4.79 Å². The van der Waals surface area contributed by atoms with Crippen LogP contribution in [0.1, 0.15) is 10.4 Å². The van der Waals surface area contributed by atoms with E-state index in [0.29, 0.717) is 0 Å². The number of hydrogen-bond acceptors (Lipinski definition) is 2. The van der Waals surface area contributed by atoms with Crippen LogP contribution in [0.25, 0.3) is 0 Å². The van der Waals surface area contributed by atoms with Crippen molar-refractivity contribution in [3.05, 3.63) is 29.8 Å². The first-order valence-corrected chi connectivity index (χ1v) is 2.73. The summed E-state index contributed by atoms with van der Waals surface area (Å²) in [6.07, 6.45) is 0. The van der Waals surface area contributed by atoms with E-state index in [2.05, 4.69) is 0 Å². The van der Waals surface area contributed by atoms with Gasteiger partial charge in [0.1, 0.15) is 11.3 Å². The molecule has 6 heteroatoms. The topological polar surface area (TPSA) is 121 Å². The van der Waals surface area contributed by atoms with Crippen LogP contribution in [0.15, 0.2) is 24.3 Å². The molecule has 0 aromatic heterocycles. The number of phenols is 1. The first kappa shape index (κ1) is 18.5. The molecule has 0 heterocycles. The van der Waals surface area contributed by atoms with E-state index in [4.69, 9.17) is 10.2 Å². The van der Waals surface area contributed by atoms with E-state index >= 15 is 0 Å². The van der Waals surface area contributed by atoms with Gasteiger partial charge in [-0.05, 0) is 12.1 Å². The Morgan fingerprint density at radius 2 is 1.62 bits per heavy atom. The molecule has 0 saturated heterocycles. The standard InChI is InChI=1S/C7H6O3.Ca.2H2O/c8-6-4-2-1-3-5(6)7(9)10;;;/h1-4,8H,(H,9,10);;2*1H2. The van der Waals surface area contributed by atoms with Crippen molar-refractivity contribution in [2.24, 2.45) is 0 Å². The summed E-state index contributed by atoms with van der Waals surface area (Å²) in [4.78, 5) is 10.3. The van der Waals surface area contributed by atoms with E-state index in [1.807, 2.05) is 0 Å². The van der Waals surface area contributed by atoms with Gasteiger partial charge in [0.05, 0.1) is 0 Å². The molecule has 5 nitrogen and oxygen atoms in total. The molecule has 0 saturated carbocycles. The molecule has 1 aromatic carbocycles. The molecule has 70 valence electrons. The zero-order valence-corrected chi connectivity index (χ0v) is 9.03. The van der Waals surface area contributed by atoms with Crippen LogP contribution in [0.5, 0.6) is 5.75 Å². The van der Waals surface area contributed by atoms with Gasteiger partial charge in [-0.15, -0.1) is 0 Å². The SMILES string of the molecule is O.O.O=C(O)c1ccccc1O.[Ca]. The maximum absolute atomic E-state index is 10.3. The van der Waals surface area contributed by atoms with Gasteiger partial charge in [0, 0.05) is 37.7 Å². The van der Waals surface area contributed by atoms with Crippen molar-refractivity contribution in [1.29, 1.82) is 0 Å². The number of aromatic hydroxyl groups is 1. The molecular weight excluding hydrogens is 204 g/mol. The molecule has 2 radical (unpaired) electrons. The van der Waals surface area contributed by atoms with Crippen molar-refractivity contribution in [2.45, 2.75) is 0 Å². The zero-order valence-electron chi connectivity index (χ0n) is 6.82. The Morgan fingerprint density at radius 3 is 1.92 bits per heavy atom. The summed E-state index contributed by atoms with van der Waals surface area (Å²) < 4.78 is 0. The predicted octanol–water partition coefficient (Wildman–Crippen LogP) is -0.940. The van der Waals surface area contributed by atoms with Gasteiger partial charge in [0.25, 0.3) is 0 Å².